The lowest BCUT2D eigenvalue weighted by atomic mass is 9.84. The molecule has 1 fully saturated rings. The molecule has 4 rings (SSSR count). The number of nitrogens with one attached hydrogen (secondary N) is 2. The van der Waals surface area contributed by atoms with Crippen molar-refractivity contribution in [3.8, 4) is 5.75 Å². The number of alkyl halides is 3. The van der Waals surface area contributed by atoms with E-state index in [0.717, 1.165) is 43.5 Å². The number of para-hydroxylation sites is 2. The molecule has 2 aromatic rings. The second kappa shape index (κ2) is 13.4. The van der Waals surface area contributed by atoms with Crippen LogP contribution in [0, 0.1) is 5.92 Å². The van der Waals surface area contributed by atoms with E-state index < -0.39 is 6.36 Å². The van der Waals surface area contributed by atoms with Crippen molar-refractivity contribution in [1.29, 1.82) is 0 Å². The highest BCUT2D eigenvalue weighted by Crippen LogP contribution is 2.37. The fourth-order valence-electron chi connectivity index (χ4n) is 5.07. The molecule has 1 aliphatic heterocycles. The Kier molecular flexibility index (Phi) is 11.2. The van der Waals surface area contributed by atoms with Crippen LogP contribution in [-0.4, -0.2) is 43.4 Å². The number of nitrogens with zero attached hydrogens (tertiary/aromatic N) is 2. The summed E-state index contributed by atoms with van der Waals surface area (Å²) in [5.41, 5.74) is 8.97. The Bertz CT molecular complexity index is 1000. The summed E-state index contributed by atoms with van der Waals surface area (Å²) in [6.45, 7) is 1.44. The molecule has 0 aromatic heterocycles. The van der Waals surface area contributed by atoms with Crippen molar-refractivity contribution in [1.82, 2.24) is 15.5 Å². The van der Waals surface area contributed by atoms with Crippen LogP contribution >= 0.6 is 24.8 Å². The van der Waals surface area contributed by atoms with Gasteiger partial charge in [-0.1, -0.05) is 36.4 Å². The predicted molar refractivity (Wildman–Crippen MR) is 141 cm³/mol. The summed E-state index contributed by atoms with van der Waals surface area (Å²) < 4.78 is 41.9. The number of hydrogen-bond acceptors (Lipinski definition) is 6. The normalized spacial score (nSPS) is 21.5. The molecular weight excluding hydrogens is 514 g/mol. The first-order valence-corrected chi connectivity index (χ1v) is 11.8. The first-order valence-electron chi connectivity index (χ1n) is 11.8. The van der Waals surface area contributed by atoms with Crippen molar-refractivity contribution < 1.29 is 17.9 Å². The lowest BCUT2D eigenvalue weighted by Crippen LogP contribution is -2.53. The van der Waals surface area contributed by atoms with Gasteiger partial charge in [-0.05, 0) is 75.9 Å². The van der Waals surface area contributed by atoms with E-state index in [1.54, 1.807) is 18.2 Å². The third kappa shape index (κ3) is 7.41. The van der Waals surface area contributed by atoms with E-state index in [2.05, 4.69) is 31.3 Å². The van der Waals surface area contributed by atoms with Crippen molar-refractivity contribution in [3.05, 3.63) is 59.7 Å². The molecule has 0 saturated heterocycles. The Morgan fingerprint density at radius 1 is 1.03 bits per heavy atom. The van der Waals surface area contributed by atoms with Gasteiger partial charge in [0.25, 0.3) is 0 Å². The number of aliphatic imine (C=N–C) groups is 1. The van der Waals surface area contributed by atoms with Crippen LogP contribution in [0.15, 0.2) is 53.5 Å². The van der Waals surface area contributed by atoms with Crippen LogP contribution in [0.1, 0.15) is 43.0 Å². The maximum atomic E-state index is 12.6. The average molecular weight is 548 g/mol. The third-order valence-corrected chi connectivity index (χ3v) is 6.69. The number of guanidine groups is 1. The first kappa shape index (κ1) is 30.0. The molecule has 1 heterocycles. The van der Waals surface area contributed by atoms with E-state index in [0.29, 0.717) is 36.4 Å². The maximum Gasteiger partial charge on any atom is 0.573 e. The van der Waals surface area contributed by atoms with Crippen LogP contribution in [-0.2, 0) is 6.42 Å². The van der Waals surface area contributed by atoms with Gasteiger partial charge < -0.3 is 20.7 Å². The predicted octanol–water partition coefficient (Wildman–Crippen LogP) is 5.30. The fraction of sp³-hybridized carbons (Fsp3) is 0.480. The number of nitrogens with two attached hydrogens (primary N) is 1. The summed E-state index contributed by atoms with van der Waals surface area (Å²) in [4.78, 5) is 6.84. The zero-order chi connectivity index (χ0) is 24.1. The zero-order valence-corrected chi connectivity index (χ0v) is 21.8. The summed E-state index contributed by atoms with van der Waals surface area (Å²) in [7, 11) is 1.94. The largest absolute Gasteiger partial charge is 0.573 e. The van der Waals surface area contributed by atoms with Gasteiger partial charge in [0.2, 0.25) is 0 Å². The molecule has 4 N–H and O–H groups in total. The molecule has 1 aliphatic carbocycles. The Labute approximate surface area is 222 Å². The lowest BCUT2D eigenvalue weighted by molar-refractivity contribution is -0.274. The summed E-state index contributed by atoms with van der Waals surface area (Å²) in [6, 6.07) is 14.7. The molecular formula is C25H34Cl2F3N5O. The maximum absolute atomic E-state index is 12.6. The number of ether oxygens (including phenoxy) is 1. The SMILES string of the molecule is CNC1c2ccccc2N=C(N)N1C1CCC(CNCCc2ccccc2OC(F)(F)F)CC1.Cl.Cl. The van der Waals surface area contributed by atoms with E-state index >= 15 is 0 Å². The van der Waals surface area contributed by atoms with Crippen molar-refractivity contribution >= 4 is 36.5 Å². The summed E-state index contributed by atoms with van der Waals surface area (Å²) in [5, 5.41) is 6.82. The van der Waals surface area contributed by atoms with Gasteiger partial charge in [0.1, 0.15) is 11.9 Å². The van der Waals surface area contributed by atoms with Crippen LogP contribution in [0.4, 0.5) is 18.9 Å². The highest BCUT2D eigenvalue weighted by atomic mass is 35.5. The van der Waals surface area contributed by atoms with Crippen molar-refractivity contribution in [2.75, 3.05) is 20.1 Å². The molecule has 0 bridgehead atoms. The lowest BCUT2D eigenvalue weighted by Gasteiger charge is -2.44. The van der Waals surface area contributed by atoms with Gasteiger partial charge in [-0.2, -0.15) is 0 Å². The minimum Gasteiger partial charge on any atom is -0.406 e. The second-order valence-electron chi connectivity index (χ2n) is 8.91. The third-order valence-electron chi connectivity index (χ3n) is 6.69. The molecule has 0 radical (unpaired) electrons. The molecule has 1 unspecified atom stereocenters. The Balaban J connectivity index is 0.00000228. The quantitative estimate of drug-likeness (QED) is 0.391. The monoisotopic (exact) mass is 547 g/mol. The minimum absolute atomic E-state index is 0. The molecule has 1 atom stereocenters. The number of rotatable bonds is 8. The van der Waals surface area contributed by atoms with Crippen LogP contribution in [0.2, 0.25) is 0 Å². The van der Waals surface area contributed by atoms with Gasteiger partial charge >= 0.3 is 6.36 Å². The summed E-state index contributed by atoms with van der Waals surface area (Å²) in [5.74, 6) is 0.958. The van der Waals surface area contributed by atoms with E-state index in [4.69, 9.17) is 5.73 Å². The first-order chi connectivity index (χ1) is 16.4. The molecule has 0 amide bonds. The highest BCUT2D eigenvalue weighted by Gasteiger charge is 2.35. The molecule has 2 aliphatic rings. The van der Waals surface area contributed by atoms with Crippen LogP contribution in [0.5, 0.6) is 5.75 Å². The molecule has 6 nitrogen and oxygen atoms in total. The molecule has 200 valence electrons. The van der Waals surface area contributed by atoms with Crippen molar-refractivity contribution in [3.63, 3.8) is 0 Å². The molecule has 36 heavy (non-hydrogen) atoms. The van der Waals surface area contributed by atoms with Crippen molar-refractivity contribution in [2.45, 2.75) is 50.7 Å². The highest BCUT2D eigenvalue weighted by molar-refractivity contribution is 5.86. The van der Waals surface area contributed by atoms with Crippen molar-refractivity contribution in [2.24, 2.45) is 16.6 Å². The van der Waals surface area contributed by atoms with Gasteiger partial charge in [0.15, 0.2) is 5.96 Å². The van der Waals surface area contributed by atoms with Crippen LogP contribution in [0.3, 0.4) is 0 Å². The number of halogens is 5. The molecule has 2 aromatic carbocycles. The minimum atomic E-state index is -4.68. The Morgan fingerprint density at radius 3 is 2.39 bits per heavy atom. The fourth-order valence-corrected chi connectivity index (χ4v) is 5.07. The van der Waals surface area contributed by atoms with E-state index in [-0.39, 0.29) is 36.7 Å². The van der Waals surface area contributed by atoms with Crippen LogP contribution < -0.4 is 21.1 Å². The van der Waals surface area contributed by atoms with Gasteiger partial charge in [-0.15, -0.1) is 38.0 Å². The van der Waals surface area contributed by atoms with E-state index in [9.17, 15) is 13.2 Å². The summed E-state index contributed by atoms with van der Waals surface area (Å²) in [6.07, 6.45) is -0.0333. The van der Waals surface area contributed by atoms with Gasteiger partial charge in [0, 0.05) is 11.6 Å². The molecule has 1 saturated carbocycles. The topological polar surface area (TPSA) is 74.9 Å². The molecule has 11 heteroatoms. The van der Waals surface area contributed by atoms with Gasteiger partial charge in [-0.3, -0.25) is 5.32 Å². The average Bonchev–Trinajstić information content (AvgIpc) is 2.81. The zero-order valence-electron chi connectivity index (χ0n) is 20.1. The molecule has 0 spiro atoms. The Morgan fingerprint density at radius 2 is 1.69 bits per heavy atom. The van der Waals surface area contributed by atoms with E-state index in [1.807, 2.05) is 25.2 Å². The van der Waals surface area contributed by atoms with Crippen LogP contribution in [0.25, 0.3) is 0 Å². The summed E-state index contributed by atoms with van der Waals surface area (Å²) >= 11 is 0. The van der Waals surface area contributed by atoms with Gasteiger partial charge in [-0.25, -0.2) is 4.99 Å². The second-order valence-corrected chi connectivity index (χ2v) is 8.91. The number of benzene rings is 2. The standard InChI is InChI=1S/C25H32F3N5O.2ClH/c1-30-23-20-7-3-4-8-21(20)32-24(29)33(23)19-12-10-17(11-13-19)16-31-15-14-18-6-2-5-9-22(18)34-25(26,27)28;;/h2-9,17,19,23,30-31H,10-16H2,1H3,(H2,29,32);2*1H. The number of hydrogen-bond donors (Lipinski definition) is 3. The Hall–Kier alpha value is -2.20. The number of fused-ring (bicyclic) bond motifs is 1. The van der Waals surface area contributed by atoms with E-state index in [1.165, 1.54) is 6.07 Å². The smallest absolute Gasteiger partial charge is 0.406 e. The van der Waals surface area contributed by atoms with Gasteiger partial charge in [0.05, 0.1) is 5.69 Å².